The molecule has 0 aliphatic carbocycles. The Morgan fingerprint density at radius 3 is 2.04 bits per heavy atom. The number of rotatable bonds is 5. The Morgan fingerprint density at radius 1 is 0.880 bits per heavy atom. The highest BCUT2D eigenvalue weighted by Crippen LogP contribution is 2.19. The Balaban J connectivity index is 1.69. The number of Topliss-reactive ketones (excluding diaryl/α,β-unsaturated/α-hetero) is 1. The summed E-state index contributed by atoms with van der Waals surface area (Å²) in [6.45, 7) is 0.163. The highest BCUT2D eigenvalue weighted by atomic mass is 16.2. The van der Waals surface area contributed by atoms with Gasteiger partial charge in [-0.2, -0.15) is 0 Å². The standard InChI is InChI=1S/C19H16N2O4/c22-16-15(17(23)20-11-13-7-3-1-4-8-13)18(24)21(19(16)25)12-14-9-5-2-6-10-14/h1-10,15H,11-12H2,(H,20,23)/t15-/m1/s1. The first-order valence-corrected chi connectivity index (χ1v) is 7.83. The fourth-order valence-corrected chi connectivity index (χ4v) is 2.66. The summed E-state index contributed by atoms with van der Waals surface area (Å²) in [6, 6.07) is 17.9. The predicted molar refractivity (Wildman–Crippen MR) is 88.8 cm³/mol. The molecule has 1 saturated heterocycles. The van der Waals surface area contributed by atoms with Gasteiger partial charge in [0.05, 0.1) is 6.54 Å². The van der Waals surface area contributed by atoms with E-state index < -0.39 is 29.4 Å². The summed E-state index contributed by atoms with van der Waals surface area (Å²) in [7, 11) is 0. The predicted octanol–water partition coefficient (Wildman–Crippen LogP) is 1.06. The largest absolute Gasteiger partial charge is 0.351 e. The zero-order chi connectivity index (χ0) is 17.8. The molecule has 1 fully saturated rings. The minimum Gasteiger partial charge on any atom is -0.351 e. The fourth-order valence-electron chi connectivity index (χ4n) is 2.66. The average Bonchev–Trinajstić information content (AvgIpc) is 2.85. The number of nitrogens with one attached hydrogen (secondary N) is 1. The van der Waals surface area contributed by atoms with Crippen LogP contribution in [0.25, 0.3) is 0 Å². The molecule has 1 aliphatic rings. The van der Waals surface area contributed by atoms with Crippen molar-refractivity contribution < 1.29 is 19.2 Å². The second-order valence-corrected chi connectivity index (χ2v) is 5.72. The first kappa shape index (κ1) is 16.6. The van der Waals surface area contributed by atoms with Gasteiger partial charge in [-0.1, -0.05) is 60.7 Å². The molecule has 3 rings (SSSR count). The summed E-state index contributed by atoms with van der Waals surface area (Å²) < 4.78 is 0. The van der Waals surface area contributed by atoms with Gasteiger partial charge in [0.25, 0.3) is 11.8 Å². The molecule has 0 bridgehead atoms. The third-order valence-corrected chi connectivity index (χ3v) is 3.99. The van der Waals surface area contributed by atoms with Crippen molar-refractivity contribution in [2.75, 3.05) is 0 Å². The first-order valence-electron chi connectivity index (χ1n) is 7.83. The molecule has 0 aromatic heterocycles. The molecule has 25 heavy (non-hydrogen) atoms. The number of carbonyl (C=O) groups is 4. The first-order chi connectivity index (χ1) is 12.1. The zero-order valence-electron chi connectivity index (χ0n) is 13.3. The number of carbonyl (C=O) groups excluding carboxylic acids is 4. The number of benzene rings is 2. The van der Waals surface area contributed by atoms with Crippen molar-refractivity contribution in [2.45, 2.75) is 13.1 Å². The van der Waals surface area contributed by atoms with Crippen LogP contribution in [0.3, 0.4) is 0 Å². The lowest BCUT2D eigenvalue weighted by molar-refractivity contribution is -0.143. The van der Waals surface area contributed by atoms with E-state index in [-0.39, 0.29) is 13.1 Å². The van der Waals surface area contributed by atoms with Crippen molar-refractivity contribution >= 4 is 23.5 Å². The normalized spacial score (nSPS) is 17.0. The van der Waals surface area contributed by atoms with Crippen LogP contribution in [0.4, 0.5) is 0 Å². The smallest absolute Gasteiger partial charge is 0.298 e. The van der Waals surface area contributed by atoms with Gasteiger partial charge in [-0.3, -0.25) is 24.1 Å². The molecule has 1 N–H and O–H groups in total. The molecule has 1 aliphatic heterocycles. The van der Waals surface area contributed by atoms with Gasteiger partial charge in [-0.15, -0.1) is 0 Å². The molecule has 0 spiro atoms. The molecule has 6 nitrogen and oxygen atoms in total. The summed E-state index contributed by atoms with van der Waals surface area (Å²) in [5.74, 6) is -5.03. The van der Waals surface area contributed by atoms with Crippen LogP contribution in [0.5, 0.6) is 0 Å². The Hall–Kier alpha value is -3.28. The third kappa shape index (κ3) is 3.47. The van der Waals surface area contributed by atoms with Crippen LogP contribution in [0.1, 0.15) is 11.1 Å². The highest BCUT2D eigenvalue weighted by molar-refractivity contribution is 6.52. The van der Waals surface area contributed by atoms with Gasteiger partial charge >= 0.3 is 0 Å². The van der Waals surface area contributed by atoms with E-state index in [1.165, 1.54) is 0 Å². The van der Waals surface area contributed by atoms with E-state index in [9.17, 15) is 19.2 Å². The third-order valence-electron chi connectivity index (χ3n) is 3.99. The van der Waals surface area contributed by atoms with Crippen LogP contribution in [0.2, 0.25) is 0 Å². The maximum atomic E-state index is 12.4. The molecule has 6 heteroatoms. The number of hydrogen-bond donors (Lipinski definition) is 1. The summed E-state index contributed by atoms with van der Waals surface area (Å²) in [4.78, 5) is 49.7. The van der Waals surface area contributed by atoms with E-state index in [0.29, 0.717) is 5.56 Å². The van der Waals surface area contributed by atoms with Crippen molar-refractivity contribution in [1.29, 1.82) is 0 Å². The van der Waals surface area contributed by atoms with E-state index in [1.54, 1.807) is 24.3 Å². The van der Waals surface area contributed by atoms with Gasteiger partial charge in [0, 0.05) is 6.54 Å². The van der Waals surface area contributed by atoms with Crippen LogP contribution < -0.4 is 5.32 Å². The number of amides is 3. The lowest BCUT2D eigenvalue weighted by Crippen LogP contribution is -2.38. The lowest BCUT2D eigenvalue weighted by atomic mass is 10.1. The summed E-state index contributed by atoms with van der Waals surface area (Å²) >= 11 is 0. The van der Waals surface area contributed by atoms with Crippen LogP contribution in [-0.2, 0) is 32.3 Å². The lowest BCUT2D eigenvalue weighted by Gasteiger charge is -2.14. The summed E-state index contributed by atoms with van der Waals surface area (Å²) in [5, 5.41) is 2.55. The van der Waals surface area contributed by atoms with E-state index in [4.69, 9.17) is 0 Å². The second-order valence-electron chi connectivity index (χ2n) is 5.72. The molecule has 1 atom stereocenters. The van der Waals surface area contributed by atoms with Gasteiger partial charge in [0.15, 0.2) is 5.92 Å². The number of hydrogen-bond acceptors (Lipinski definition) is 4. The Bertz CT molecular complexity index is 818. The van der Waals surface area contributed by atoms with Gasteiger partial charge in [-0.05, 0) is 11.1 Å². The number of ketones is 1. The fraction of sp³-hybridized carbons (Fsp3) is 0.158. The van der Waals surface area contributed by atoms with Crippen molar-refractivity contribution in [2.24, 2.45) is 5.92 Å². The average molecular weight is 336 g/mol. The van der Waals surface area contributed by atoms with Gasteiger partial charge < -0.3 is 5.32 Å². The SMILES string of the molecule is O=C(NCc1ccccc1)[C@H]1C(=O)C(=O)N(Cc2ccccc2)C1=O. The number of imide groups is 1. The molecule has 0 unspecified atom stereocenters. The maximum Gasteiger partial charge on any atom is 0.298 e. The number of nitrogens with zero attached hydrogens (tertiary/aromatic N) is 1. The minimum absolute atomic E-state index is 0.0211. The maximum absolute atomic E-state index is 12.4. The molecule has 2 aromatic rings. The van der Waals surface area contributed by atoms with E-state index in [0.717, 1.165) is 10.5 Å². The Kier molecular flexibility index (Phi) is 4.70. The molecule has 1 heterocycles. The van der Waals surface area contributed by atoms with E-state index in [1.807, 2.05) is 36.4 Å². The molecular weight excluding hydrogens is 320 g/mol. The van der Waals surface area contributed by atoms with Crippen LogP contribution in [0, 0.1) is 5.92 Å². The second kappa shape index (κ2) is 7.09. The van der Waals surface area contributed by atoms with Crippen molar-refractivity contribution in [3.8, 4) is 0 Å². The molecule has 3 amide bonds. The number of likely N-dealkylation sites (tertiary alicyclic amines) is 1. The Labute approximate surface area is 144 Å². The van der Waals surface area contributed by atoms with Gasteiger partial charge in [0.2, 0.25) is 11.7 Å². The van der Waals surface area contributed by atoms with Crippen molar-refractivity contribution in [3.63, 3.8) is 0 Å². The highest BCUT2D eigenvalue weighted by Gasteiger charge is 2.50. The summed E-state index contributed by atoms with van der Waals surface area (Å²) in [5.41, 5.74) is 1.54. The monoisotopic (exact) mass is 336 g/mol. The van der Waals surface area contributed by atoms with Gasteiger partial charge in [-0.25, -0.2) is 0 Å². The quantitative estimate of drug-likeness (QED) is 0.503. The zero-order valence-corrected chi connectivity index (χ0v) is 13.3. The van der Waals surface area contributed by atoms with E-state index in [2.05, 4.69) is 5.32 Å². The van der Waals surface area contributed by atoms with Crippen LogP contribution in [-0.4, -0.2) is 28.4 Å². The van der Waals surface area contributed by atoms with E-state index >= 15 is 0 Å². The van der Waals surface area contributed by atoms with Gasteiger partial charge in [0.1, 0.15) is 0 Å². The molecule has 126 valence electrons. The van der Waals surface area contributed by atoms with Crippen LogP contribution in [0.15, 0.2) is 60.7 Å². The van der Waals surface area contributed by atoms with Crippen LogP contribution >= 0.6 is 0 Å². The Morgan fingerprint density at radius 2 is 1.44 bits per heavy atom. The molecular formula is C19H16N2O4. The summed E-state index contributed by atoms with van der Waals surface area (Å²) in [6.07, 6.45) is 0. The molecule has 0 radical (unpaired) electrons. The molecule has 0 saturated carbocycles. The van der Waals surface area contributed by atoms with Crippen molar-refractivity contribution in [1.82, 2.24) is 10.2 Å². The van der Waals surface area contributed by atoms with Crippen molar-refractivity contribution in [3.05, 3.63) is 71.8 Å². The minimum atomic E-state index is -1.60. The molecule has 2 aromatic carbocycles. The topological polar surface area (TPSA) is 83.6 Å².